The van der Waals surface area contributed by atoms with E-state index in [0.29, 0.717) is 48.3 Å². The van der Waals surface area contributed by atoms with Crippen molar-refractivity contribution in [1.82, 2.24) is 19.4 Å². The van der Waals surface area contributed by atoms with E-state index in [9.17, 15) is 19.5 Å². The van der Waals surface area contributed by atoms with Crippen LogP contribution >= 0.6 is 0 Å². The molecule has 2 aliphatic rings. The normalized spacial score (nSPS) is 17.2. The lowest BCUT2D eigenvalue weighted by atomic mass is 10.1. The Morgan fingerprint density at radius 3 is 2.58 bits per heavy atom. The van der Waals surface area contributed by atoms with Crippen molar-refractivity contribution in [2.45, 2.75) is 32.2 Å². The number of piperazine rings is 1. The zero-order chi connectivity index (χ0) is 27.6. The minimum atomic E-state index is -1.03. The standard InChI is InChI=1S/C29H27N5O6/c35-27-17-34(24-7-4-8-26(31-24)40-18-19-5-2-1-3-6-19)28(36)16-32(27)15-25-30-22-10-9-20(29(37)38)13-23(22)33(25)14-21-11-12-39-21/h1-10,13,21H,11-12,14-18H2,(H,37,38). The predicted octanol–water partition coefficient (Wildman–Crippen LogP) is 2.87. The highest BCUT2D eigenvalue weighted by molar-refractivity contribution is 6.04. The second-order valence-electron chi connectivity index (χ2n) is 9.77. The van der Waals surface area contributed by atoms with Crippen LogP contribution in [0.4, 0.5) is 5.82 Å². The van der Waals surface area contributed by atoms with Crippen LogP contribution in [0.15, 0.2) is 66.7 Å². The number of imidazole rings is 1. The Morgan fingerprint density at radius 1 is 1.00 bits per heavy atom. The number of ether oxygens (including phenoxy) is 2. The molecule has 4 aromatic rings. The van der Waals surface area contributed by atoms with Gasteiger partial charge in [0.05, 0.1) is 35.8 Å². The summed E-state index contributed by atoms with van der Waals surface area (Å²) in [5.74, 6) is -0.281. The molecule has 1 atom stereocenters. The third-order valence-corrected chi connectivity index (χ3v) is 7.07. The number of benzene rings is 2. The first kappa shape index (κ1) is 25.5. The largest absolute Gasteiger partial charge is 0.478 e. The average Bonchev–Trinajstić information content (AvgIpc) is 3.28. The van der Waals surface area contributed by atoms with Gasteiger partial charge in [-0.15, -0.1) is 0 Å². The molecule has 2 amide bonds. The van der Waals surface area contributed by atoms with E-state index in [1.165, 1.54) is 15.9 Å². The fourth-order valence-corrected chi connectivity index (χ4v) is 4.81. The monoisotopic (exact) mass is 541 g/mol. The molecule has 204 valence electrons. The maximum Gasteiger partial charge on any atom is 0.335 e. The van der Waals surface area contributed by atoms with Crippen molar-refractivity contribution in [2.75, 3.05) is 24.6 Å². The van der Waals surface area contributed by atoms with E-state index in [1.54, 1.807) is 30.3 Å². The van der Waals surface area contributed by atoms with Crippen LogP contribution in [0.3, 0.4) is 0 Å². The number of aromatic nitrogens is 3. The second-order valence-corrected chi connectivity index (χ2v) is 9.77. The number of carboxylic acids is 1. The molecule has 4 heterocycles. The van der Waals surface area contributed by atoms with Crippen LogP contribution in [-0.2, 0) is 34.0 Å². The van der Waals surface area contributed by atoms with Crippen molar-refractivity contribution < 1.29 is 29.0 Å². The molecule has 6 rings (SSSR count). The minimum absolute atomic E-state index is 0.0127. The molecule has 2 saturated heterocycles. The van der Waals surface area contributed by atoms with Gasteiger partial charge >= 0.3 is 5.97 Å². The molecule has 0 bridgehead atoms. The SMILES string of the molecule is O=C(O)c1ccc2nc(CN3CC(=O)N(c4cccc(OCc5ccccc5)n4)CC3=O)n(CC3CCO3)c2c1. The number of rotatable bonds is 9. The number of aromatic carboxylic acids is 1. The molecule has 0 radical (unpaired) electrons. The van der Waals surface area contributed by atoms with E-state index in [4.69, 9.17) is 9.47 Å². The van der Waals surface area contributed by atoms with Gasteiger partial charge < -0.3 is 24.0 Å². The van der Waals surface area contributed by atoms with Gasteiger partial charge in [-0.2, -0.15) is 4.98 Å². The molecule has 2 aromatic carbocycles. The molecule has 40 heavy (non-hydrogen) atoms. The molecule has 2 aromatic heterocycles. The van der Waals surface area contributed by atoms with Crippen molar-refractivity contribution in [2.24, 2.45) is 0 Å². The lowest BCUT2D eigenvalue weighted by Crippen LogP contribution is -2.54. The Kier molecular flexibility index (Phi) is 6.87. The fourth-order valence-electron chi connectivity index (χ4n) is 4.81. The van der Waals surface area contributed by atoms with Crippen molar-refractivity contribution in [3.8, 4) is 5.88 Å². The van der Waals surface area contributed by atoms with Gasteiger partial charge in [0.25, 0.3) is 0 Å². The Bertz CT molecular complexity index is 1580. The smallest absolute Gasteiger partial charge is 0.335 e. The molecular weight excluding hydrogens is 514 g/mol. The van der Waals surface area contributed by atoms with E-state index < -0.39 is 5.97 Å². The Morgan fingerprint density at radius 2 is 1.82 bits per heavy atom. The van der Waals surface area contributed by atoms with Gasteiger partial charge in [-0.3, -0.25) is 14.5 Å². The van der Waals surface area contributed by atoms with E-state index >= 15 is 0 Å². The third-order valence-electron chi connectivity index (χ3n) is 7.07. The summed E-state index contributed by atoms with van der Waals surface area (Å²) in [5.41, 5.74) is 2.41. The predicted molar refractivity (Wildman–Crippen MR) is 144 cm³/mol. The number of hydrogen-bond donors (Lipinski definition) is 1. The molecule has 2 aliphatic heterocycles. The molecule has 1 unspecified atom stereocenters. The number of pyridine rings is 1. The lowest BCUT2D eigenvalue weighted by Gasteiger charge is -2.33. The molecule has 2 fully saturated rings. The number of nitrogens with zero attached hydrogens (tertiary/aromatic N) is 5. The number of amides is 2. The van der Waals surface area contributed by atoms with Crippen LogP contribution in [0.25, 0.3) is 11.0 Å². The molecule has 0 spiro atoms. The molecule has 0 saturated carbocycles. The van der Waals surface area contributed by atoms with Gasteiger partial charge in [-0.1, -0.05) is 36.4 Å². The highest BCUT2D eigenvalue weighted by atomic mass is 16.5. The van der Waals surface area contributed by atoms with Crippen LogP contribution in [-0.4, -0.2) is 68.1 Å². The number of anilines is 1. The Balaban J connectivity index is 1.18. The topological polar surface area (TPSA) is 127 Å². The molecule has 1 N–H and O–H groups in total. The van der Waals surface area contributed by atoms with Gasteiger partial charge in [0.2, 0.25) is 17.7 Å². The fraction of sp³-hybridized carbons (Fsp3) is 0.276. The number of hydrogen-bond acceptors (Lipinski definition) is 7. The zero-order valence-electron chi connectivity index (χ0n) is 21.6. The Labute approximate surface area is 229 Å². The first-order chi connectivity index (χ1) is 19.4. The zero-order valence-corrected chi connectivity index (χ0v) is 21.6. The van der Waals surface area contributed by atoms with Crippen LogP contribution in [0.1, 0.15) is 28.2 Å². The average molecular weight is 542 g/mol. The first-order valence-electron chi connectivity index (χ1n) is 13.0. The quantitative estimate of drug-likeness (QED) is 0.343. The number of carbonyl (C=O) groups excluding carboxylic acids is 2. The molecular formula is C29H27N5O6. The number of carbonyl (C=O) groups is 3. The van der Waals surface area contributed by atoms with Gasteiger partial charge in [-0.05, 0) is 36.2 Å². The number of carboxylic acid groups (broad SMARTS) is 1. The minimum Gasteiger partial charge on any atom is -0.478 e. The van der Waals surface area contributed by atoms with E-state index in [0.717, 1.165) is 12.0 Å². The second kappa shape index (κ2) is 10.8. The van der Waals surface area contributed by atoms with Gasteiger partial charge in [0.15, 0.2) is 0 Å². The number of fused-ring (bicyclic) bond motifs is 1. The van der Waals surface area contributed by atoms with Gasteiger partial charge in [0, 0.05) is 12.7 Å². The third kappa shape index (κ3) is 5.23. The maximum atomic E-state index is 13.2. The summed E-state index contributed by atoms with van der Waals surface area (Å²) < 4.78 is 13.3. The summed E-state index contributed by atoms with van der Waals surface area (Å²) in [4.78, 5) is 49.9. The summed E-state index contributed by atoms with van der Waals surface area (Å²) >= 11 is 0. The summed E-state index contributed by atoms with van der Waals surface area (Å²) in [7, 11) is 0. The summed E-state index contributed by atoms with van der Waals surface area (Å²) in [6.07, 6.45) is 0.871. The Hall–Kier alpha value is -4.77. The summed E-state index contributed by atoms with van der Waals surface area (Å²) in [6, 6.07) is 19.5. The maximum absolute atomic E-state index is 13.2. The van der Waals surface area contributed by atoms with Gasteiger partial charge in [-0.25, -0.2) is 9.78 Å². The summed E-state index contributed by atoms with van der Waals surface area (Å²) in [5, 5.41) is 9.46. The van der Waals surface area contributed by atoms with Crippen LogP contribution in [0.5, 0.6) is 5.88 Å². The van der Waals surface area contributed by atoms with Crippen molar-refractivity contribution in [3.05, 3.63) is 83.7 Å². The first-order valence-corrected chi connectivity index (χ1v) is 13.0. The van der Waals surface area contributed by atoms with Crippen LogP contribution in [0.2, 0.25) is 0 Å². The van der Waals surface area contributed by atoms with E-state index in [1.807, 2.05) is 34.9 Å². The van der Waals surface area contributed by atoms with Gasteiger partial charge in [0.1, 0.15) is 31.3 Å². The van der Waals surface area contributed by atoms with Crippen molar-refractivity contribution in [3.63, 3.8) is 0 Å². The molecule has 11 heteroatoms. The highest BCUT2D eigenvalue weighted by Crippen LogP contribution is 2.25. The van der Waals surface area contributed by atoms with Crippen LogP contribution < -0.4 is 9.64 Å². The molecule has 0 aliphatic carbocycles. The summed E-state index contributed by atoms with van der Waals surface area (Å²) in [6.45, 7) is 1.29. The van der Waals surface area contributed by atoms with E-state index in [2.05, 4.69) is 9.97 Å². The highest BCUT2D eigenvalue weighted by Gasteiger charge is 2.33. The van der Waals surface area contributed by atoms with E-state index in [-0.39, 0.29) is 43.1 Å². The van der Waals surface area contributed by atoms with Crippen molar-refractivity contribution in [1.29, 1.82) is 0 Å². The van der Waals surface area contributed by atoms with Crippen molar-refractivity contribution >= 4 is 34.6 Å². The molecule has 11 nitrogen and oxygen atoms in total. The van der Waals surface area contributed by atoms with Crippen LogP contribution in [0, 0.1) is 0 Å². The lowest BCUT2D eigenvalue weighted by molar-refractivity contribution is -0.139.